The van der Waals surface area contributed by atoms with Crippen molar-refractivity contribution >= 4 is 39.4 Å². The Morgan fingerprint density at radius 1 is 1.33 bits per heavy atom. The molecule has 0 atom stereocenters. The molecule has 2 N–H and O–H groups in total. The minimum Gasteiger partial charge on any atom is -0.480 e. The number of amides is 1. The second-order valence-corrected chi connectivity index (χ2v) is 5.71. The van der Waals surface area contributed by atoms with Crippen LogP contribution >= 0.6 is 27.5 Å². The maximum atomic E-state index is 12.0. The van der Waals surface area contributed by atoms with Crippen LogP contribution in [-0.2, 0) is 4.79 Å². The van der Waals surface area contributed by atoms with Crippen LogP contribution in [0, 0.1) is 0 Å². The molecule has 0 aliphatic heterocycles. The van der Waals surface area contributed by atoms with E-state index in [2.05, 4.69) is 21.2 Å². The number of hydrogen-bond acceptors (Lipinski definition) is 2. The van der Waals surface area contributed by atoms with Crippen molar-refractivity contribution in [2.75, 3.05) is 0 Å². The summed E-state index contributed by atoms with van der Waals surface area (Å²) in [4.78, 5) is 23.2. The summed E-state index contributed by atoms with van der Waals surface area (Å²) in [5.74, 6) is -1.40. The minimum atomic E-state index is -1.11. The quantitative estimate of drug-likeness (QED) is 0.894. The maximum Gasteiger partial charge on any atom is 0.329 e. The van der Waals surface area contributed by atoms with E-state index in [-0.39, 0.29) is 0 Å². The molecule has 0 unspecified atom stereocenters. The summed E-state index contributed by atoms with van der Waals surface area (Å²) in [5.41, 5.74) is -0.756. The van der Waals surface area contributed by atoms with Crippen LogP contribution in [0.25, 0.3) is 0 Å². The zero-order valence-corrected chi connectivity index (χ0v) is 11.7. The van der Waals surface area contributed by atoms with Crippen LogP contribution < -0.4 is 5.32 Å². The van der Waals surface area contributed by atoms with Crippen molar-refractivity contribution in [3.05, 3.63) is 33.3 Å². The van der Waals surface area contributed by atoms with Gasteiger partial charge in [0.05, 0.1) is 0 Å². The highest BCUT2D eigenvalue weighted by atomic mass is 79.9. The SMILES string of the molecule is O=C(NC1(C(=O)O)CCC1)c1cc(Cl)cc(Br)c1. The monoisotopic (exact) mass is 331 g/mol. The van der Waals surface area contributed by atoms with E-state index in [9.17, 15) is 9.59 Å². The molecule has 0 aromatic heterocycles. The predicted octanol–water partition coefficient (Wildman–Crippen LogP) is 2.84. The third-order valence-corrected chi connectivity index (χ3v) is 3.77. The van der Waals surface area contributed by atoms with E-state index in [4.69, 9.17) is 16.7 Å². The number of carboxylic acid groups (broad SMARTS) is 1. The molecule has 0 bridgehead atoms. The summed E-state index contributed by atoms with van der Waals surface area (Å²) in [6.45, 7) is 0. The normalized spacial score (nSPS) is 16.8. The summed E-state index contributed by atoms with van der Waals surface area (Å²) in [7, 11) is 0. The Morgan fingerprint density at radius 3 is 2.44 bits per heavy atom. The van der Waals surface area contributed by atoms with Gasteiger partial charge in [0.1, 0.15) is 5.54 Å². The van der Waals surface area contributed by atoms with Crippen LogP contribution in [-0.4, -0.2) is 22.5 Å². The number of halogens is 2. The molecule has 18 heavy (non-hydrogen) atoms. The summed E-state index contributed by atoms with van der Waals surface area (Å²) in [6.07, 6.45) is 1.75. The number of nitrogens with one attached hydrogen (secondary N) is 1. The van der Waals surface area contributed by atoms with E-state index in [0.717, 1.165) is 6.42 Å². The van der Waals surface area contributed by atoms with Crippen LogP contribution in [0.3, 0.4) is 0 Å². The largest absolute Gasteiger partial charge is 0.480 e. The Kier molecular flexibility index (Phi) is 3.64. The summed E-state index contributed by atoms with van der Waals surface area (Å²) >= 11 is 9.09. The number of aliphatic carboxylic acids is 1. The lowest BCUT2D eigenvalue weighted by molar-refractivity contribution is -0.148. The Morgan fingerprint density at radius 2 is 2.00 bits per heavy atom. The standard InChI is InChI=1S/C12H11BrClNO3/c13-8-4-7(5-9(14)6-8)10(16)15-12(11(17)18)2-1-3-12/h4-6H,1-3H2,(H,15,16)(H,17,18). The van der Waals surface area contributed by atoms with Gasteiger partial charge in [-0.2, -0.15) is 0 Å². The van der Waals surface area contributed by atoms with E-state index in [1.807, 2.05) is 0 Å². The highest BCUT2D eigenvalue weighted by Crippen LogP contribution is 2.32. The van der Waals surface area contributed by atoms with Gasteiger partial charge in [0.25, 0.3) is 5.91 Å². The number of carbonyl (C=O) groups is 2. The van der Waals surface area contributed by atoms with Crippen molar-refractivity contribution in [3.63, 3.8) is 0 Å². The van der Waals surface area contributed by atoms with E-state index in [1.54, 1.807) is 12.1 Å². The molecule has 0 spiro atoms. The molecular formula is C12H11BrClNO3. The second kappa shape index (κ2) is 4.90. The lowest BCUT2D eigenvalue weighted by Gasteiger charge is -2.38. The molecule has 1 saturated carbocycles. The molecule has 0 heterocycles. The maximum absolute atomic E-state index is 12.0. The Balaban J connectivity index is 2.19. The molecule has 6 heteroatoms. The van der Waals surface area contributed by atoms with Crippen LogP contribution in [0.1, 0.15) is 29.6 Å². The highest BCUT2D eigenvalue weighted by Gasteiger charge is 2.45. The smallest absolute Gasteiger partial charge is 0.329 e. The van der Waals surface area contributed by atoms with Gasteiger partial charge in [-0.15, -0.1) is 0 Å². The van der Waals surface area contributed by atoms with Crippen LogP contribution in [0.2, 0.25) is 5.02 Å². The van der Waals surface area contributed by atoms with Crippen molar-refractivity contribution in [1.29, 1.82) is 0 Å². The van der Waals surface area contributed by atoms with Gasteiger partial charge in [0, 0.05) is 15.1 Å². The molecule has 0 saturated heterocycles. The topological polar surface area (TPSA) is 66.4 Å². The van der Waals surface area contributed by atoms with Gasteiger partial charge in [0.15, 0.2) is 0 Å². The van der Waals surface area contributed by atoms with Crippen molar-refractivity contribution in [3.8, 4) is 0 Å². The Bertz CT molecular complexity index is 494. The van der Waals surface area contributed by atoms with E-state index in [0.29, 0.717) is 27.9 Å². The molecule has 1 aromatic carbocycles. The molecule has 1 aliphatic carbocycles. The lowest BCUT2D eigenvalue weighted by Crippen LogP contribution is -2.59. The second-order valence-electron chi connectivity index (χ2n) is 4.35. The number of benzene rings is 1. The first-order chi connectivity index (χ1) is 8.43. The van der Waals surface area contributed by atoms with Crippen molar-refractivity contribution in [1.82, 2.24) is 5.32 Å². The molecule has 1 aromatic rings. The number of rotatable bonds is 3. The zero-order valence-electron chi connectivity index (χ0n) is 9.37. The minimum absolute atomic E-state index is 0.349. The molecule has 4 nitrogen and oxygen atoms in total. The third kappa shape index (κ3) is 2.52. The number of carbonyl (C=O) groups excluding carboxylic acids is 1. The van der Waals surface area contributed by atoms with E-state index >= 15 is 0 Å². The van der Waals surface area contributed by atoms with Gasteiger partial charge in [0.2, 0.25) is 0 Å². The molecule has 1 aliphatic rings. The zero-order chi connectivity index (χ0) is 13.3. The summed E-state index contributed by atoms with van der Waals surface area (Å²) < 4.78 is 0.679. The Hall–Kier alpha value is -1.07. The Labute approximate surface area is 117 Å². The van der Waals surface area contributed by atoms with Crippen molar-refractivity contribution in [2.45, 2.75) is 24.8 Å². The van der Waals surface area contributed by atoms with Crippen molar-refractivity contribution < 1.29 is 14.7 Å². The van der Waals surface area contributed by atoms with Crippen LogP contribution in [0.5, 0.6) is 0 Å². The number of carboxylic acids is 1. The average Bonchev–Trinajstić information content (AvgIpc) is 2.21. The molecule has 2 rings (SSSR count). The first-order valence-electron chi connectivity index (χ1n) is 5.45. The molecular weight excluding hydrogens is 321 g/mol. The molecule has 1 amide bonds. The fourth-order valence-corrected chi connectivity index (χ4v) is 2.76. The fraction of sp³-hybridized carbons (Fsp3) is 0.333. The van der Waals surface area contributed by atoms with Crippen LogP contribution in [0.4, 0.5) is 0 Å². The van der Waals surface area contributed by atoms with Gasteiger partial charge in [-0.05, 0) is 37.5 Å². The lowest BCUT2D eigenvalue weighted by atomic mass is 9.76. The van der Waals surface area contributed by atoms with Gasteiger partial charge < -0.3 is 10.4 Å². The third-order valence-electron chi connectivity index (χ3n) is 3.09. The first kappa shape index (κ1) is 13.4. The van der Waals surface area contributed by atoms with Gasteiger partial charge in [-0.3, -0.25) is 4.79 Å². The molecule has 96 valence electrons. The average molecular weight is 333 g/mol. The van der Waals surface area contributed by atoms with Gasteiger partial charge in [-0.1, -0.05) is 27.5 Å². The molecule has 0 radical (unpaired) electrons. The summed E-state index contributed by atoms with van der Waals surface area (Å²) in [5, 5.41) is 12.1. The van der Waals surface area contributed by atoms with Crippen LogP contribution in [0.15, 0.2) is 22.7 Å². The predicted molar refractivity (Wildman–Crippen MR) is 70.8 cm³/mol. The van der Waals surface area contributed by atoms with E-state index < -0.39 is 17.4 Å². The highest BCUT2D eigenvalue weighted by molar-refractivity contribution is 9.10. The van der Waals surface area contributed by atoms with Gasteiger partial charge in [-0.25, -0.2) is 4.79 Å². The first-order valence-corrected chi connectivity index (χ1v) is 6.62. The fourth-order valence-electron chi connectivity index (χ4n) is 1.90. The number of hydrogen-bond donors (Lipinski definition) is 2. The molecule has 1 fully saturated rings. The van der Waals surface area contributed by atoms with E-state index in [1.165, 1.54) is 6.07 Å². The van der Waals surface area contributed by atoms with Gasteiger partial charge >= 0.3 is 5.97 Å². The van der Waals surface area contributed by atoms with Crippen molar-refractivity contribution in [2.24, 2.45) is 0 Å². The summed E-state index contributed by atoms with van der Waals surface area (Å²) in [6, 6.07) is 4.78.